The molecule has 3 aliphatic rings. The van der Waals surface area contributed by atoms with Gasteiger partial charge in [0.2, 0.25) is 0 Å². The molecule has 3 aliphatic heterocycles. The predicted octanol–water partition coefficient (Wildman–Crippen LogP) is 7.49. The predicted molar refractivity (Wildman–Crippen MR) is 181 cm³/mol. The first-order chi connectivity index (χ1) is 22.5. The van der Waals surface area contributed by atoms with Crippen molar-refractivity contribution in [2.75, 3.05) is 19.6 Å². The molecule has 3 atom stereocenters. The second kappa shape index (κ2) is 11.9. The zero-order valence-electron chi connectivity index (χ0n) is 26.3. The van der Waals surface area contributed by atoms with Crippen LogP contribution in [0.5, 0.6) is 0 Å². The summed E-state index contributed by atoms with van der Waals surface area (Å²) < 4.78 is 7.55. The number of hydrogen-bond acceptors (Lipinski definition) is 6. The van der Waals surface area contributed by atoms with Gasteiger partial charge in [0.15, 0.2) is 5.82 Å². The number of fused-ring (bicyclic) bond motifs is 3. The fourth-order valence-corrected chi connectivity index (χ4v) is 8.87. The molecular weight excluding hydrogens is 593 g/mol. The monoisotopic (exact) mass is 632 g/mol. The van der Waals surface area contributed by atoms with Crippen LogP contribution in [0.3, 0.4) is 0 Å². The maximum atomic E-state index is 13.7. The van der Waals surface area contributed by atoms with Crippen molar-refractivity contribution in [2.24, 2.45) is 0 Å². The van der Waals surface area contributed by atoms with Crippen LogP contribution in [0.4, 0.5) is 0 Å². The fraction of sp³-hybridized carbons (Fsp3) is 0.405. The molecule has 0 saturated carbocycles. The molecule has 46 heavy (non-hydrogen) atoms. The Morgan fingerprint density at radius 1 is 0.957 bits per heavy atom. The summed E-state index contributed by atoms with van der Waals surface area (Å²) in [5, 5.41) is 3.99. The Bertz CT molecular complexity index is 1910. The molecule has 2 bridgehead atoms. The van der Waals surface area contributed by atoms with Crippen LogP contribution in [0, 0.1) is 11.8 Å². The molecule has 5 aromatic rings. The highest BCUT2D eigenvalue weighted by molar-refractivity contribution is 7.71. The molecule has 0 aliphatic carbocycles. The van der Waals surface area contributed by atoms with Crippen LogP contribution < -0.4 is 0 Å². The van der Waals surface area contributed by atoms with Gasteiger partial charge in [-0.1, -0.05) is 59.8 Å². The molecule has 0 radical (unpaired) electrons. The van der Waals surface area contributed by atoms with Gasteiger partial charge in [0.25, 0.3) is 10.7 Å². The number of piperidine rings is 2. The average molecular weight is 633 g/mol. The van der Waals surface area contributed by atoms with Crippen LogP contribution in [0.15, 0.2) is 83.4 Å². The highest BCUT2D eigenvalue weighted by atomic mass is 32.1. The van der Waals surface area contributed by atoms with Crippen LogP contribution >= 0.6 is 12.2 Å². The Morgan fingerprint density at radius 2 is 1.70 bits per heavy atom. The Morgan fingerprint density at radius 3 is 2.43 bits per heavy atom. The largest absolute Gasteiger partial charge is 0.339 e. The summed E-state index contributed by atoms with van der Waals surface area (Å²) >= 11 is 5.04. The van der Waals surface area contributed by atoms with E-state index in [0.29, 0.717) is 29.5 Å². The molecule has 236 valence electrons. The van der Waals surface area contributed by atoms with Gasteiger partial charge >= 0.3 is 0 Å². The maximum absolute atomic E-state index is 13.7. The summed E-state index contributed by atoms with van der Waals surface area (Å²) in [4.78, 5) is 26.6. The zero-order chi connectivity index (χ0) is 31.3. The minimum absolute atomic E-state index is 0.0584. The molecule has 0 spiro atoms. The topological polar surface area (TPSA) is 83.2 Å². The van der Waals surface area contributed by atoms with Crippen molar-refractivity contribution < 1.29 is 9.32 Å². The zero-order valence-corrected chi connectivity index (χ0v) is 27.1. The van der Waals surface area contributed by atoms with Crippen molar-refractivity contribution in [2.45, 2.75) is 75.4 Å². The van der Waals surface area contributed by atoms with Crippen molar-refractivity contribution in [3.05, 3.63) is 101 Å². The molecular formula is C37H40N6O2S. The number of aryl methyl sites for hydroxylation is 1. The minimum Gasteiger partial charge on any atom is -0.339 e. The third-order valence-electron chi connectivity index (χ3n) is 11.1. The molecule has 9 heteroatoms. The van der Waals surface area contributed by atoms with E-state index < -0.39 is 0 Å². The lowest BCUT2D eigenvalue weighted by atomic mass is 9.70. The molecule has 8 rings (SSSR count). The smallest absolute Gasteiger partial charge is 0.295 e. The molecule has 3 aromatic carbocycles. The maximum Gasteiger partial charge on any atom is 0.295 e. The number of hydrogen-bond donors (Lipinski definition) is 1. The van der Waals surface area contributed by atoms with Crippen LogP contribution in [0.25, 0.3) is 22.4 Å². The number of carbonyl (C=O) groups excluding carboxylic acids is 1. The first-order valence-corrected chi connectivity index (χ1v) is 17.1. The summed E-state index contributed by atoms with van der Waals surface area (Å²) in [5.74, 6) is 1.73. The Balaban J connectivity index is 0.970. The molecule has 3 fully saturated rings. The third-order valence-corrected chi connectivity index (χ3v) is 11.2. The van der Waals surface area contributed by atoms with E-state index in [9.17, 15) is 4.79 Å². The normalized spacial score (nSPS) is 22.8. The average Bonchev–Trinajstić information content (AvgIpc) is 3.75. The molecule has 0 unspecified atom stereocenters. The fourth-order valence-electron chi connectivity index (χ4n) is 8.74. The van der Waals surface area contributed by atoms with E-state index in [0.717, 1.165) is 55.8 Å². The number of likely N-dealkylation sites (tertiary alicyclic amines) is 1. The van der Waals surface area contributed by atoms with E-state index in [2.05, 4.69) is 81.1 Å². The second-order valence-corrected chi connectivity index (χ2v) is 13.8. The van der Waals surface area contributed by atoms with Crippen molar-refractivity contribution in [3.8, 4) is 11.4 Å². The van der Waals surface area contributed by atoms with E-state index in [4.69, 9.17) is 21.7 Å². The lowest BCUT2D eigenvalue weighted by Crippen LogP contribution is -2.49. The van der Waals surface area contributed by atoms with Crippen LogP contribution in [0.2, 0.25) is 0 Å². The van der Waals surface area contributed by atoms with E-state index in [1.165, 1.54) is 36.8 Å². The van der Waals surface area contributed by atoms with Crippen molar-refractivity contribution >= 4 is 29.2 Å². The molecule has 5 heterocycles. The molecule has 1 amide bonds. The number of nitrogens with one attached hydrogen (secondary N) is 1. The summed E-state index contributed by atoms with van der Waals surface area (Å²) in [6.07, 6.45) is 7.99. The van der Waals surface area contributed by atoms with Gasteiger partial charge in [-0.25, -0.2) is 4.98 Å². The van der Waals surface area contributed by atoms with Gasteiger partial charge < -0.3 is 14.0 Å². The van der Waals surface area contributed by atoms with Crippen molar-refractivity contribution in [3.63, 3.8) is 0 Å². The highest BCUT2D eigenvalue weighted by Gasteiger charge is 2.44. The number of nitrogens with zero attached hydrogens (tertiary/aromatic N) is 5. The standard InChI is InChI=1S/C37H40N6O2S/c1-25-38-32-12-5-6-13-33(32)43(25)31-23-29-14-15-30(24-31)42(29)21-18-37(28-10-3-2-4-11-28)16-19-41(20-17-37)35(44)27-9-7-8-26(22-27)34-39-36(46)45-40-34/h2-13,22,29-31H,14-21,23-24H2,1H3,(H,39,40,46)/t29-,30+,31+. The number of imidazole rings is 1. The molecule has 1 N–H and O–H groups in total. The van der Waals surface area contributed by atoms with E-state index >= 15 is 0 Å². The Hall–Kier alpha value is -4.08. The quantitative estimate of drug-likeness (QED) is 0.187. The molecule has 2 aromatic heterocycles. The lowest BCUT2D eigenvalue weighted by molar-refractivity contribution is 0.0607. The van der Waals surface area contributed by atoms with E-state index in [1.54, 1.807) is 0 Å². The van der Waals surface area contributed by atoms with Gasteiger partial charge in [0.05, 0.1) is 11.0 Å². The number of rotatable bonds is 7. The van der Waals surface area contributed by atoms with E-state index in [1.807, 2.05) is 29.2 Å². The Kier molecular flexibility index (Phi) is 7.61. The molecule has 3 saturated heterocycles. The van der Waals surface area contributed by atoms with Crippen molar-refractivity contribution in [1.29, 1.82) is 0 Å². The van der Waals surface area contributed by atoms with Gasteiger partial charge in [-0.05, 0) is 106 Å². The lowest BCUT2D eigenvalue weighted by Gasteiger charge is -2.45. The number of para-hydroxylation sites is 2. The van der Waals surface area contributed by atoms with Gasteiger partial charge in [-0.15, -0.1) is 0 Å². The van der Waals surface area contributed by atoms with Crippen molar-refractivity contribution in [1.82, 2.24) is 29.5 Å². The minimum atomic E-state index is 0.0584. The van der Waals surface area contributed by atoms with Gasteiger partial charge in [0.1, 0.15) is 5.82 Å². The first-order valence-electron chi connectivity index (χ1n) is 16.7. The molecule has 8 nitrogen and oxygen atoms in total. The number of amides is 1. The number of aromatic amines is 1. The summed E-state index contributed by atoms with van der Waals surface area (Å²) in [5.41, 5.74) is 5.30. The summed E-state index contributed by atoms with van der Waals surface area (Å²) in [7, 11) is 0. The highest BCUT2D eigenvalue weighted by Crippen LogP contribution is 2.45. The third kappa shape index (κ3) is 5.29. The van der Waals surface area contributed by atoms with Crippen LogP contribution in [0.1, 0.15) is 72.7 Å². The number of benzene rings is 3. The van der Waals surface area contributed by atoms with Gasteiger partial charge in [-0.3, -0.25) is 14.7 Å². The summed E-state index contributed by atoms with van der Waals surface area (Å²) in [6.45, 7) is 4.76. The second-order valence-electron chi connectivity index (χ2n) is 13.5. The number of carbonyl (C=O) groups is 1. The van der Waals surface area contributed by atoms with Crippen LogP contribution in [-0.2, 0) is 5.41 Å². The summed E-state index contributed by atoms with van der Waals surface area (Å²) in [6, 6.07) is 28.9. The number of H-pyrrole nitrogens is 1. The Labute approximate surface area is 274 Å². The van der Waals surface area contributed by atoms with Gasteiger partial charge in [0, 0.05) is 42.3 Å². The van der Waals surface area contributed by atoms with Crippen LogP contribution in [-0.4, -0.2) is 67.1 Å². The first kappa shape index (κ1) is 29.3. The van der Waals surface area contributed by atoms with Gasteiger partial charge in [-0.2, -0.15) is 0 Å². The number of aromatic nitrogens is 4. The SMILES string of the molecule is Cc1nc2ccccc2n1[C@H]1C[C@H]2CC[C@@H](C1)N2CCC1(c2ccccc2)CCN(C(=O)c2cccc(-c3noc(=S)[nH]3)c2)CC1. The van der Waals surface area contributed by atoms with E-state index in [-0.39, 0.29) is 16.2 Å².